The van der Waals surface area contributed by atoms with Crippen LogP contribution in [0.1, 0.15) is 51.2 Å². The van der Waals surface area contributed by atoms with Crippen LogP contribution in [0.5, 0.6) is 5.75 Å². The molecule has 1 amide bonds. The van der Waals surface area contributed by atoms with Crippen molar-refractivity contribution >= 4 is 21.7 Å². The highest BCUT2D eigenvalue weighted by atomic mass is 32.2. The van der Waals surface area contributed by atoms with Crippen LogP contribution in [0.4, 0.5) is 26.7 Å². The molecule has 1 N–H and O–H groups in total. The van der Waals surface area contributed by atoms with E-state index >= 15 is 4.39 Å². The average molecular weight is 676 g/mol. The second kappa shape index (κ2) is 12.2. The van der Waals surface area contributed by atoms with Crippen molar-refractivity contribution in [1.29, 1.82) is 0 Å². The number of nitrogens with one attached hydrogen (secondary N) is 1. The normalized spacial score (nSPS) is 22.7. The number of hydrogen-bond donors (Lipinski definition) is 1. The molecule has 0 bridgehead atoms. The molecule has 2 atom stereocenters. The molecular formula is C29H33F5N6O5S. The predicted molar refractivity (Wildman–Crippen MR) is 159 cm³/mol. The fourth-order valence-corrected chi connectivity index (χ4v) is 6.40. The van der Waals surface area contributed by atoms with E-state index in [-0.39, 0.29) is 40.0 Å². The van der Waals surface area contributed by atoms with Gasteiger partial charge >= 0.3 is 18.4 Å². The van der Waals surface area contributed by atoms with Gasteiger partial charge in [0.2, 0.25) is 0 Å². The highest BCUT2D eigenvalue weighted by molar-refractivity contribution is 7.95. The van der Waals surface area contributed by atoms with E-state index in [1.54, 1.807) is 20.8 Å². The number of amides is 1. The fraction of sp³-hybridized carbons (Fsp3) is 0.483. The summed E-state index contributed by atoms with van der Waals surface area (Å²) in [6.07, 6.45) is -2.93. The summed E-state index contributed by atoms with van der Waals surface area (Å²) in [5.41, 5.74) is -2.52. The summed E-state index contributed by atoms with van der Waals surface area (Å²) in [5.74, 6) is -6.25. The van der Waals surface area contributed by atoms with Crippen molar-refractivity contribution in [3.05, 3.63) is 48.0 Å². The molecule has 0 spiro atoms. The lowest BCUT2D eigenvalue weighted by molar-refractivity contribution is -0.148. The minimum absolute atomic E-state index is 0.0531. The third kappa shape index (κ3) is 7.13. The number of aromatic nitrogens is 3. The van der Waals surface area contributed by atoms with E-state index in [0.717, 1.165) is 18.5 Å². The van der Waals surface area contributed by atoms with Crippen LogP contribution in [0.15, 0.2) is 50.5 Å². The van der Waals surface area contributed by atoms with Crippen LogP contribution >= 0.6 is 0 Å². The molecule has 0 saturated heterocycles. The highest BCUT2D eigenvalue weighted by Gasteiger charge is 2.49. The van der Waals surface area contributed by atoms with Gasteiger partial charge in [0.15, 0.2) is 29.6 Å². The summed E-state index contributed by atoms with van der Waals surface area (Å²) in [4.78, 5) is 25.2. The maximum atomic E-state index is 15.6. The summed E-state index contributed by atoms with van der Waals surface area (Å²) in [7, 11) is -3.81. The molecule has 0 unspecified atom stereocenters. The van der Waals surface area contributed by atoms with Crippen molar-refractivity contribution in [3.8, 4) is 28.6 Å². The zero-order valence-electron chi connectivity index (χ0n) is 28.5. The van der Waals surface area contributed by atoms with Gasteiger partial charge in [-0.15, -0.1) is 0 Å². The first-order valence-corrected chi connectivity index (χ1v) is 15.3. The molecule has 4 rings (SSSR count). The third-order valence-corrected chi connectivity index (χ3v) is 9.96. The van der Waals surface area contributed by atoms with Crippen molar-refractivity contribution in [2.75, 3.05) is 19.3 Å². The number of alkyl halides is 4. The summed E-state index contributed by atoms with van der Waals surface area (Å²) >= 11 is 0. The molecule has 0 radical (unpaired) electrons. The molecule has 0 aliphatic carbocycles. The average Bonchev–Trinajstić information content (AvgIpc) is 3.44. The Morgan fingerprint density at radius 2 is 1.87 bits per heavy atom. The van der Waals surface area contributed by atoms with Gasteiger partial charge in [-0.2, -0.15) is 8.78 Å². The number of rotatable bonds is 7. The van der Waals surface area contributed by atoms with Gasteiger partial charge in [-0.05, 0) is 59.7 Å². The Kier molecular flexibility index (Phi) is 8.10. The molecule has 0 fully saturated rings. The highest BCUT2D eigenvalue weighted by Crippen LogP contribution is 2.41. The first-order chi connectivity index (χ1) is 22.3. The first-order valence-electron chi connectivity index (χ1n) is 15.1. The number of carbonyl (C=O) groups excluding carboxylic acids is 1. The maximum Gasteiger partial charge on any atom is 0.413 e. The lowest BCUT2D eigenvalue weighted by atomic mass is 9.91. The largest absolute Gasteiger partial charge is 0.484 e. The summed E-state index contributed by atoms with van der Waals surface area (Å²) in [6.45, 7) is 4.48. The van der Waals surface area contributed by atoms with Crippen molar-refractivity contribution in [2.24, 2.45) is 9.36 Å². The molecule has 250 valence electrons. The number of amidine groups is 1. The van der Waals surface area contributed by atoms with E-state index in [4.69, 9.17) is 13.4 Å². The summed E-state index contributed by atoms with van der Waals surface area (Å²) in [5, 5.41) is 6.34. The van der Waals surface area contributed by atoms with Gasteiger partial charge in [0.05, 0.1) is 27.9 Å². The number of alkyl carbamates (subject to hydrolysis) is 1. The zero-order chi connectivity index (χ0) is 36.8. The van der Waals surface area contributed by atoms with Crippen LogP contribution in [0, 0.1) is 5.82 Å². The topological polar surface area (TPSA) is 141 Å². The Balaban J connectivity index is 1.72. The van der Waals surface area contributed by atoms with Gasteiger partial charge in [-0.25, -0.2) is 36.5 Å². The van der Waals surface area contributed by atoms with Crippen molar-refractivity contribution < 1.29 is 49.1 Å². The van der Waals surface area contributed by atoms with Crippen LogP contribution in [0.25, 0.3) is 22.8 Å². The second-order valence-corrected chi connectivity index (χ2v) is 14.9. The molecule has 0 saturated carbocycles. The molecular weight excluding hydrogens is 639 g/mol. The molecule has 11 nitrogen and oxygen atoms in total. The van der Waals surface area contributed by atoms with E-state index in [9.17, 15) is 26.6 Å². The van der Waals surface area contributed by atoms with Crippen molar-refractivity contribution in [1.82, 2.24) is 20.4 Å². The fourth-order valence-electron chi connectivity index (χ4n) is 4.36. The lowest BCUT2D eigenvalue weighted by Crippen LogP contribution is -2.57. The quantitative estimate of drug-likeness (QED) is 0.290. The number of nitrogens with zero attached hydrogens (tertiary/aromatic N) is 5. The Hall–Kier alpha value is -4.15. The van der Waals surface area contributed by atoms with Gasteiger partial charge < -0.3 is 14.0 Å². The van der Waals surface area contributed by atoms with E-state index in [1.165, 1.54) is 39.0 Å². The zero-order valence-corrected chi connectivity index (χ0v) is 26.3. The monoisotopic (exact) mass is 675 g/mol. The summed E-state index contributed by atoms with van der Waals surface area (Å²) < 4.78 is 122. The van der Waals surface area contributed by atoms with Crippen LogP contribution in [0.2, 0.25) is 0 Å². The number of halogens is 5. The molecule has 1 aliphatic heterocycles. The lowest BCUT2D eigenvalue weighted by Gasteiger charge is -2.41. The number of carbonyl (C=O) groups is 1. The van der Waals surface area contributed by atoms with E-state index in [0.29, 0.717) is 0 Å². The Bertz CT molecular complexity index is 1870. The minimum atomic E-state index is -4.37. The Morgan fingerprint density at radius 1 is 1.20 bits per heavy atom. The SMILES string of the molecule is [2H]C([2H])([2H])N=[S@@]1(=O)C[C@@](C)(c2cc(-c3cc(-c4ncc(OCC(F)(F)C(F)F)cn4)no3)ccc2F)N=C(NC(=O)OC(C)(C)C)C1(C)C. The van der Waals surface area contributed by atoms with Gasteiger partial charge in [0.1, 0.15) is 27.5 Å². The Morgan fingerprint density at radius 3 is 2.48 bits per heavy atom. The van der Waals surface area contributed by atoms with E-state index < -0.39 is 69.2 Å². The van der Waals surface area contributed by atoms with E-state index in [2.05, 4.69) is 34.5 Å². The predicted octanol–water partition coefficient (Wildman–Crippen LogP) is 6.25. The van der Waals surface area contributed by atoms with Gasteiger partial charge in [0, 0.05) is 28.3 Å². The van der Waals surface area contributed by atoms with Crippen molar-refractivity contribution in [3.63, 3.8) is 0 Å². The molecule has 1 aliphatic rings. The van der Waals surface area contributed by atoms with Gasteiger partial charge in [-0.3, -0.25) is 10.3 Å². The number of ether oxygens (including phenoxy) is 2. The smallest absolute Gasteiger partial charge is 0.413 e. The molecule has 1 aromatic carbocycles. The number of aliphatic imine (C=N–C) groups is 1. The van der Waals surface area contributed by atoms with Crippen molar-refractivity contribution in [2.45, 2.75) is 69.8 Å². The molecule has 2 aromatic heterocycles. The second-order valence-electron chi connectivity index (χ2n) is 12.1. The Labute approximate surface area is 266 Å². The molecule has 3 heterocycles. The number of benzene rings is 1. The number of hydrogen-bond acceptors (Lipinski definition) is 10. The van der Waals surface area contributed by atoms with Crippen LogP contribution in [-0.2, 0) is 20.0 Å². The van der Waals surface area contributed by atoms with Gasteiger partial charge in [-0.1, -0.05) is 5.16 Å². The summed E-state index contributed by atoms with van der Waals surface area (Å²) in [6, 6.07) is 5.11. The third-order valence-electron chi connectivity index (χ3n) is 6.92. The van der Waals surface area contributed by atoms with Crippen LogP contribution < -0.4 is 10.1 Å². The maximum absolute atomic E-state index is 15.6. The van der Waals surface area contributed by atoms with Crippen LogP contribution in [-0.4, -0.2) is 73.3 Å². The molecule has 17 heteroatoms. The van der Waals surface area contributed by atoms with Gasteiger partial charge in [0.25, 0.3) is 0 Å². The van der Waals surface area contributed by atoms with Crippen LogP contribution in [0.3, 0.4) is 0 Å². The molecule has 46 heavy (non-hydrogen) atoms. The minimum Gasteiger partial charge on any atom is -0.484 e. The standard InChI is InChI=1S/C29H33F5N6O5S/c1-26(2,3)44-25(41)38-24-27(4,5)46(42,35-7)15-28(6,39-24)18-10-16(8-9-19(18)30)21-11-20(40-45-21)22-36-12-17(13-37-22)43-14-29(33,34)23(31)32/h8-13,23H,14-15H2,1-7H3,(H,38,39,41)/t28-,46+/m0/s1/i7D3. The molecule has 3 aromatic rings. The van der Waals surface area contributed by atoms with E-state index in [1.807, 2.05) is 0 Å². The first kappa shape index (κ1) is 30.5.